The van der Waals surface area contributed by atoms with E-state index in [-0.39, 0.29) is 0 Å². The maximum Gasteiger partial charge on any atom is 0.0586 e. The molecule has 4 nitrogen and oxygen atoms in total. The predicted molar refractivity (Wildman–Crippen MR) is 68.0 cm³/mol. The second-order valence-corrected chi connectivity index (χ2v) is 5.38. The summed E-state index contributed by atoms with van der Waals surface area (Å²) < 4.78 is 0. The molecule has 2 fully saturated rings. The van der Waals surface area contributed by atoms with Crippen molar-refractivity contribution in [1.29, 1.82) is 0 Å². The third kappa shape index (κ3) is 3.41. The molecule has 0 aliphatic carbocycles. The number of likely N-dealkylation sites (tertiary alicyclic amines) is 2. The normalized spacial score (nSPS) is 31.4. The molecule has 0 aromatic heterocycles. The quantitative estimate of drug-likeness (QED) is 0.703. The van der Waals surface area contributed by atoms with E-state index in [9.17, 15) is 10.2 Å². The Morgan fingerprint density at radius 1 is 0.824 bits per heavy atom. The molecule has 17 heavy (non-hydrogen) atoms. The highest BCUT2D eigenvalue weighted by molar-refractivity contribution is 4.81. The monoisotopic (exact) mass is 242 g/mol. The van der Waals surface area contributed by atoms with Gasteiger partial charge < -0.3 is 10.2 Å². The van der Waals surface area contributed by atoms with Gasteiger partial charge in [-0.25, -0.2) is 0 Å². The first-order chi connectivity index (χ1) is 8.35. The maximum atomic E-state index is 9.24. The average Bonchev–Trinajstić information content (AvgIpc) is 2.97. The van der Waals surface area contributed by atoms with Crippen LogP contribution in [0.1, 0.15) is 32.1 Å². The molecular weight excluding hydrogens is 216 g/mol. The molecule has 2 atom stereocenters. The van der Waals surface area contributed by atoms with Gasteiger partial charge in [-0.15, -0.1) is 0 Å². The Bertz CT molecular complexity index is 203. The molecular formula is C13H26N2O2. The number of aliphatic hydroxyl groups excluding tert-OH is 2. The molecule has 0 aromatic rings. The van der Waals surface area contributed by atoms with Gasteiger partial charge in [0.15, 0.2) is 0 Å². The van der Waals surface area contributed by atoms with E-state index in [0.717, 1.165) is 45.4 Å². The molecule has 100 valence electrons. The van der Waals surface area contributed by atoms with Crippen LogP contribution in [0.2, 0.25) is 0 Å². The van der Waals surface area contributed by atoms with Gasteiger partial charge in [0, 0.05) is 12.1 Å². The molecule has 0 spiro atoms. The summed E-state index contributed by atoms with van der Waals surface area (Å²) in [5.74, 6) is 0. The molecule has 2 saturated heterocycles. The molecule has 0 amide bonds. The van der Waals surface area contributed by atoms with Crippen LogP contribution < -0.4 is 0 Å². The van der Waals surface area contributed by atoms with Crippen molar-refractivity contribution in [3.8, 4) is 0 Å². The summed E-state index contributed by atoms with van der Waals surface area (Å²) in [6.07, 6.45) is 5.92. The van der Waals surface area contributed by atoms with E-state index in [4.69, 9.17) is 0 Å². The Morgan fingerprint density at radius 2 is 1.29 bits per heavy atom. The Balaban J connectivity index is 1.65. The van der Waals surface area contributed by atoms with E-state index >= 15 is 0 Å². The van der Waals surface area contributed by atoms with Crippen molar-refractivity contribution in [3.05, 3.63) is 0 Å². The lowest BCUT2D eigenvalue weighted by molar-refractivity contribution is 0.135. The summed E-state index contributed by atoms with van der Waals surface area (Å²) in [6, 6.07) is 0.810. The van der Waals surface area contributed by atoms with Crippen molar-refractivity contribution in [3.63, 3.8) is 0 Å². The molecule has 0 radical (unpaired) electrons. The van der Waals surface area contributed by atoms with Gasteiger partial charge in [0.2, 0.25) is 0 Å². The fourth-order valence-electron chi connectivity index (χ4n) is 3.27. The number of nitrogens with zero attached hydrogens (tertiary/aromatic N) is 2. The molecule has 2 N–H and O–H groups in total. The van der Waals surface area contributed by atoms with Crippen molar-refractivity contribution < 1.29 is 10.2 Å². The summed E-state index contributed by atoms with van der Waals surface area (Å²) in [7, 11) is 0. The summed E-state index contributed by atoms with van der Waals surface area (Å²) >= 11 is 0. The number of hydrogen-bond acceptors (Lipinski definition) is 4. The summed E-state index contributed by atoms with van der Waals surface area (Å²) in [5, 5.41) is 18.5. The Labute approximate surface area is 104 Å². The number of hydrogen-bond donors (Lipinski definition) is 2. The van der Waals surface area contributed by atoms with Gasteiger partial charge in [-0.3, -0.25) is 9.80 Å². The highest BCUT2D eigenvalue weighted by atomic mass is 16.3. The first-order valence-electron chi connectivity index (χ1n) is 7.05. The van der Waals surface area contributed by atoms with Gasteiger partial charge in [-0.05, 0) is 58.3 Å². The minimum absolute atomic E-state index is 0.309. The Morgan fingerprint density at radius 3 is 1.71 bits per heavy atom. The second kappa shape index (κ2) is 6.69. The van der Waals surface area contributed by atoms with Gasteiger partial charge in [-0.1, -0.05) is 0 Å². The molecule has 0 saturated carbocycles. The minimum Gasteiger partial charge on any atom is -0.395 e. The Kier molecular flexibility index (Phi) is 5.22. The first-order valence-corrected chi connectivity index (χ1v) is 7.05. The summed E-state index contributed by atoms with van der Waals surface area (Å²) in [6.45, 7) is 5.11. The third-order valence-corrected chi connectivity index (χ3v) is 4.31. The van der Waals surface area contributed by atoms with Gasteiger partial charge in [-0.2, -0.15) is 0 Å². The van der Waals surface area contributed by atoms with Crippen molar-refractivity contribution in [2.75, 3.05) is 39.4 Å². The van der Waals surface area contributed by atoms with E-state index in [1.54, 1.807) is 0 Å². The predicted octanol–water partition coefficient (Wildman–Crippen LogP) is 0.290. The molecule has 2 aliphatic rings. The van der Waals surface area contributed by atoms with Crippen LogP contribution in [0.4, 0.5) is 0 Å². The van der Waals surface area contributed by atoms with Crippen LogP contribution in [0.5, 0.6) is 0 Å². The zero-order valence-corrected chi connectivity index (χ0v) is 10.7. The maximum absolute atomic E-state index is 9.24. The topological polar surface area (TPSA) is 46.9 Å². The van der Waals surface area contributed by atoms with Crippen LogP contribution in [0.15, 0.2) is 0 Å². The third-order valence-electron chi connectivity index (χ3n) is 4.31. The molecule has 0 unspecified atom stereocenters. The van der Waals surface area contributed by atoms with Crippen molar-refractivity contribution >= 4 is 0 Å². The van der Waals surface area contributed by atoms with Gasteiger partial charge in [0.1, 0.15) is 0 Å². The standard InChI is InChI=1S/C13H26N2O2/c16-10-12-4-1-6-14(12)8-3-9-15-7-2-5-13(15)11-17/h12-13,16-17H,1-11H2/t12-,13-/m0/s1. The zero-order valence-electron chi connectivity index (χ0n) is 10.7. The number of aliphatic hydroxyl groups is 2. The molecule has 2 rings (SSSR count). The molecule has 4 heteroatoms. The van der Waals surface area contributed by atoms with Gasteiger partial charge in [0.05, 0.1) is 13.2 Å². The second-order valence-electron chi connectivity index (χ2n) is 5.38. The highest BCUT2D eigenvalue weighted by Crippen LogP contribution is 2.19. The SMILES string of the molecule is OC[C@@H]1CCCN1CCCN1CCC[C@H]1CO. The molecule has 2 heterocycles. The van der Waals surface area contributed by atoms with E-state index in [0.29, 0.717) is 25.3 Å². The van der Waals surface area contributed by atoms with E-state index in [2.05, 4.69) is 9.80 Å². The highest BCUT2D eigenvalue weighted by Gasteiger charge is 2.25. The molecule has 0 bridgehead atoms. The fourth-order valence-corrected chi connectivity index (χ4v) is 3.27. The van der Waals surface area contributed by atoms with E-state index in [1.807, 2.05) is 0 Å². The van der Waals surface area contributed by atoms with E-state index < -0.39 is 0 Å². The van der Waals surface area contributed by atoms with Gasteiger partial charge >= 0.3 is 0 Å². The first kappa shape index (κ1) is 13.3. The van der Waals surface area contributed by atoms with Crippen LogP contribution in [-0.4, -0.2) is 71.5 Å². The molecule has 2 aliphatic heterocycles. The van der Waals surface area contributed by atoms with Crippen LogP contribution in [0.25, 0.3) is 0 Å². The van der Waals surface area contributed by atoms with Gasteiger partial charge in [0.25, 0.3) is 0 Å². The fraction of sp³-hybridized carbons (Fsp3) is 1.00. The van der Waals surface area contributed by atoms with Crippen LogP contribution in [-0.2, 0) is 0 Å². The van der Waals surface area contributed by atoms with Crippen molar-refractivity contribution in [2.24, 2.45) is 0 Å². The smallest absolute Gasteiger partial charge is 0.0586 e. The van der Waals surface area contributed by atoms with Crippen LogP contribution in [0, 0.1) is 0 Å². The minimum atomic E-state index is 0.309. The summed E-state index contributed by atoms with van der Waals surface area (Å²) in [5.41, 5.74) is 0. The molecule has 0 aromatic carbocycles. The summed E-state index contributed by atoms with van der Waals surface area (Å²) in [4.78, 5) is 4.84. The lowest BCUT2D eigenvalue weighted by Gasteiger charge is -2.26. The number of rotatable bonds is 6. The van der Waals surface area contributed by atoms with Crippen molar-refractivity contribution in [2.45, 2.75) is 44.2 Å². The largest absolute Gasteiger partial charge is 0.395 e. The lowest BCUT2D eigenvalue weighted by Crippen LogP contribution is -2.37. The van der Waals surface area contributed by atoms with E-state index in [1.165, 1.54) is 12.8 Å². The average molecular weight is 242 g/mol. The van der Waals surface area contributed by atoms with Crippen molar-refractivity contribution in [1.82, 2.24) is 9.80 Å². The Hall–Kier alpha value is -0.160. The van der Waals surface area contributed by atoms with Crippen LogP contribution in [0.3, 0.4) is 0 Å². The van der Waals surface area contributed by atoms with Crippen LogP contribution >= 0.6 is 0 Å². The lowest BCUT2D eigenvalue weighted by atomic mass is 10.2. The zero-order chi connectivity index (χ0) is 12.1.